The van der Waals surface area contributed by atoms with Gasteiger partial charge in [-0.3, -0.25) is 14.6 Å². The first-order valence-corrected chi connectivity index (χ1v) is 12.4. The molecule has 1 atom stereocenters. The van der Waals surface area contributed by atoms with Crippen LogP contribution in [0, 0.1) is 0 Å². The zero-order chi connectivity index (χ0) is 24.0. The van der Waals surface area contributed by atoms with Crippen molar-refractivity contribution >= 4 is 17.5 Å². The molecule has 2 aromatic carbocycles. The topological polar surface area (TPSA) is 74.3 Å². The van der Waals surface area contributed by atoms with E-state index in [1.165, 1.54) is 5.56 Å². The maximum Gasteiger partial charge on any atom is 0.269 e. The van der Waals surface area contributed by atoms with Crippen molar-refractivity contribution in [3.63, 3.8) is 0 Å². The molecule has 0 saturated carbocycles. The van der Waals surface area contributed by atoms with Crippen LogP contribution >= 0.6 is 0 Å². The summed E-state index contributed by atoms with van der Waals surface area (Å²) in [5.41, 5.74) is 5.04. The number of nitrogens with one attached hydrogen (secondary N) is 2. The first-order valence-electron chi connectivity index (χ1n) is 12.4. The predicted octanol–water partition coefficient (Wildman–Crippen LogP) is 3.46. The number of anilines is 1. The molecule has 178 valence electrons. The summed E-state index contributed by atoms with van der Waals surface area (Å²) >= 11 is 0. The predicted molar refractivity (Wildman–Crippen MR) is 136 cm³/mol. The Morgan fingerprint density at radius 3 is 2.54 bits per heavy atom. The van der Waals surface area contributed by atoms with E-state index in [2.05, 4.69) is 51.8 Å². The van der Waals surface area contributed by atoms with Crippen LogP contribution in [0.3, 0.4) is 0 Å². The molecule has 6 heteroatoms. The van der Waals surface area contributed by atoms with Gasteiger partial charge in [-0.05, 0) is 80.2 Å². The number of hydrogen-bond acceptors (Lipinski definition) is 4. The van der Waals surface area contributed by atoms with Crippen LogP contribution in [0.5, 0.6) is 0 Å². The zero-order valence-electron chi connectivity index (χ0n) is 20.0. The van der Waals surface area contributed by atoms with E-state index in [0.29, 0.717) is 25.1 Å². The van der Waals surface area contributed by atoms with Gasteiger partial charge in [-0.15, -0.1) is 0 Å². The van der Waals surface area contributed by atoms with Crippen LogP contribution < -0.4 is 10.6 Å². The minimum atomic E-state index is -0.596. The van der Waals surface area contributed by atoms with Gasteiger partial charge in [0.1, 0.15) is 5.69 Å². The normalized spacial score (nSPS) is 22.5. The number of fused-ring (bicyclic) bond motifs is 3. The molecule has 0 bridgehead atoms. The van der Waals surface area contributed by atoms with Gasteiger partial charge in [-0.25, -0.2) is 0 Å². The van der Waals surface area contributed by atoms with Crippen LogP contribution in [-0.2, 0) is 28.5 Å². The number of pyridine rings is 1. The molecular weight excluding hydrogens is 436 g/mol. The fourth-order valence-corrected chi connectivity index (χ4v) is 6.16. The molecule has 6 rings (SSSR count). The first kappa shape index (κ1) is 22.0. The van der Waals surface area contributed by atoms with Crippen LogP contribution in [0.4, 0.5) is 5.69 Å². The third kappa shape index (κ3) is 3.64. The Morgan fingerprint density at radius 2 is 1.74 bits per heavy atom. The number of carbonyl (C=O) groups is 2. The van der Waals surface area contributed by atoms with Crippen molar-refractivity contribution in [2.75, 3.05) is 32.0 Å². The van der Waals surface area contributed by atoms with Crippen molar-refractivity contribution in [3.05, 3.63) is 94.8 Å². The smallest absolute Gasteiger partial charge is 0.269 e. The van der Waals surface area contributed by atoms with Gasteiger partial charge in [-0.1, -0.05) is 48.5 Å². The average Bonchev–Trinajstić information content (AvgIpc) is 3.41. The molecule has 2 N–H and O–H groups in total. The fourth-order valence-electron chi connectivity index (χ4n) is 6.16. The highest BCUT2D eigenvalue weighted by Crippen LogP contribution is 2.47. The van der Waals surface area contributed by atoms with Gasteiger partial charge < -0.3 is 15.5 Å². The lowest BCUT2D eigenvalue weighted by molar-refractivity contribution is -0.120. The lowest BCUT2D eigenvalue weighted by Crippen LogP contribution is -2.48. The van der Waals surface area contributed by atoms with E-state index in [0.717, 1.165) is 48.3 Å². The molecule has 3 aromatic rings. The third-order valence-electron chi connectivity index (χ3n) is 8.34. The Hall–Kier alpha value is -3.51. The third-order valence-corrected chi connectivity index (χ3v) is 8.34. The van der Waals surface area contributed by atoms with E-state index in [9.17, 15) is 9.59 Å². The Labute approximate surface area is 205 Å². The van der Waals surface area contributed by atoms with E-state index >= 15 is 0 Å². The molecule has 0 radical (unpaired) electrons. The maximum atomic E-state index is 13.2. The zero-order valence-corrected chi connectivity index (χ0v) is 20.0. The number of hydrogen-bond donors (Lipinski definition) is 2. The van der Waals surface area contributed by atoms with Gasteiger partial charge in [0.2, 0.25) is 5.91 Å². The molecule has 1 unspecified atom stereocenters. The van der Waals surface area contributed by atoms with Crippen LogP contribution in [0.1, 0.15) is 45.6 Å². The summed E-state index contributed by atoms with van der Waals surface area (Å²) in [7, 11) is 2.15. The average molecular weight is 467 g/mol. The summed E-state index contributed by atoms with van der Waals surface area (Å²) < 4.78 is 0. The lowest BCUT2D eigenvalue weighted by Gasteiger charge is -2.41. The van der Waals surface area contributed by atoms with Crippen molar-refractivity contribution < 1.29 is 9.59 Å². The van der Waals surface area contributed by atoms with Crippen LogP contribution in [-0.4, -0.2) is 48.4 Å². The Bertz CT molecular complexity index is 1300. The lowest BCUT2D eigenvalue weighted by atomic mass is 9.72. The number of benzene rings is 2. The van der Waals surface area contributed by atoms with Crippen molar-refractivity contribution in [2.45, 2.75) is 36.5 Å². The molecular formula is C29H30N4O2. The van der Waals surface area contributed by atoms with Gasteiger partial charge in [0.25, 0.3) is 5.91 Å². The first-order chi connectivity index (χ1) is 17.0. The SMILES string of the molecule is CN1CCC(CNC(=O)c2cc3c(cn2)CC2(C3)C(=O)Nc3ccccc32)(c2ccccc2)CC1. The highest BCUT2D eigenvalue weighted by Gasteiger charge is 2.50. The summed E-state index contributed by atoms with van der Waals surface area (Å²) in [6, 6.07) is 20.3. The fraction of sp³-hybridized carbons (Fsp3) is 0.345. The van der Waals surface area contributed by atoms with Gasteiger partial charge in [0.05, 0.1) is 5.41 Å². The number of para-hydroxylation sites is 1. The molecule has 35 heavy (non-hydrogen) atoms. The van der Waals surface area contributed by atoms with E-state index in [1.807, 2.05) is 36.4 Å². The molecule has 2 amide bonds. The minimum Gasteiger partial charge on any atom is -0.350 e. The second-order valence-corrected chi connectivity index (χ2v) is 10.4. The number of nitrogens with zero attached hydrogens (tertiary/aromatic N) is 2. The highest BCUT2D eigenvalue weighted by molar-refractivity contribution is 6.07. The summed E-state index contributed by atoms with van der Waals surface area (Å²) in [5, 5.41) is 6.24. The Morgan fingerprint density at radius 1 is 1.03 bits per heavy atom. The van der Waals surface area contributed by atoms with Crippen molar-refractivity contribution in [2.24, 2.45) is 0 Å². The summed E-state index contributed by atoms with van der Waals surface area (Å²) in [5.74, 6) is -0.118. The quantitative estimate of drug-likeness (QED) is 0.618. The Kier molecular flexibility index (Phi) is 5.22. The second-order valence-electron chi connectivity index (χ2n) is 10.4. The van der Waals surface area contributed by atoms with Gasteiger partial charge in [-0.2, -0.15) is 0 Å². The van der Waals surface area contributed by atoms with Crippen molar-refractivity contribution in [1.82, 2.24) is 15.2 Å². The molecule has 2 aliphatic heterocycles. The monoisotopic (exact) mass is 466 g/mol. The minimum absolute atomic E-state index is 0.0352. The number of piperidine rings is 1. The van der Waals surface area contributed by atoms with Crippen LogP contribution in [0.15, 0.2) is 66.9 Å². The molecule has 1 saturated heterocycles. The standard InChI is InChI=1S/C29H30N4O2/c1-33-13-11-28(12-14-33,22-7-3-2-4-8-22)19-31-26(34)25-15-20-16-29(17-21(20)18-30-25)23-9-5-6-10-24(23)32-27(29)35/h2-10,15,18H,11-14,16-17,19H2,1H3,(H,31,34)(H,32,35). The van der Waals surface area contributed by atoms with E-state index < -0.39 is 5.41 Å². The molecule has 1 spiro atoms. The summed E-state index contributed by atoms with van der Waals surface area (Å²) in [4.78, 5) is 33.1. The largest absolute Gasteiger partial charge is 0.350 e. The summed E-state index contributed by atoms with van der Waals surface area (Å²) in [6.07, 6.45) is 5.00. The van der Waals surface area contributed by atoms with Crippen molar-refractivity contribution in [3.8, 4) is 0 Å². The second kappa shape index (κ2) is 8.31. The molecule has 1 aliphatic carbocycles. The van der Waals surface area contributed by atoms with E-state index in [1.54, 1.807) is 6.20 Å². The van der Waals surface area contributed by atoms with Crippen LogP contribution in [0.2, 0.25) is 0 Å². The summed E-state index contributed by atoms with van der Waals surface area (Å²) in [6.45, 7) is 2.60. The molecule has 1 aromatic heterocycles. The number of carbonyl (C=O) groups excluding carboxylic acids is 2. The number of aromatic nitrogens is 1. The molecule has 6 nitrogen and oxygen atoms in total. The van der Waals surface area contributed by atoms with Gasteiger partial charge in [0, 0.05) is 23.8 Å². The Balaban J connectivity index is 1.22. The molecule has 3 aliphatic rings. The number of rotatable bonds is 4. The van der Waals surface area contributed by atoms with E-state index in [4.69, 9.17) is 0 Å². The number of amides is 2. The van der Waals surface area contributed by atoms with Crippen molar-refractivity contribution in [1.29, 1.82) is 0 Å². The highest BCUT2D eigenvalue weighted by atomic mass is 16.2. The van der Waals surface area contributed by atoms with E-state index in [-0.39, 0.29) is 17.2 Å². The van der Waals surface area contributed by atoms with Gasteiger partial charge >= 0.3 is 0 Å². The maximum absolute atomic E-state index is 13.2. The molecule has 1 fully saturated rings. The number of likely N-dealkylation sites (tertiary alicyclic amines) is 1. The molecule has 3 heterocycles. The van der Waals surface area contributed by atoms with Gasteiger partial charge in [0.15, 0.2) is 0 Å². The van der Waals surface area contributed by atoms with Crippen LogP contribution in [0.25, 0.3) is 0 Å².